The fourth-order valence-electron chi connectivity index (χ4n) is 4.22. The summed E-state index contributed by atoms with van der Waals surface area (Å²) in [6.07, 6.45) is 2.01. The highest BCUT2D eigenvalue weighted by atomic mass is 35.5. The molecule has 2 heterocycles. The van der Waals surface area contributed by atoms with E-state index in [-0.39, 0.29) is 27.3 Å². The van der Waals surface area contributed by atoms with Crippen molar-refractivity contribution in [3.63, 3.8) is 0 Å². The second kappa shape index (κ2) is 9.33. The lowest BCUT2D eigenvalue weighted by Gasteiger charge is -2.35. The maximum atomic E-state index is 13.1. The topological polar surface area (TPSA) is 60.9 Å². The van der Waals surface area contributed by atoms with Crippen LogP contribution in [0.1, 0.15) is 40.0 Å². The zero-order valence-electron chi connectivity index (χ0n) is 17.9. The molecule has 2 saturated heterocycles. The molecule has 1 amide bonds. The number of piperidine rings is 1. The Morgan fingerprint density at radius 1 is 1.00 bits per heavy atom. The van der Waals surface area contributed by atoms with Gasteiger partial charge in [-0.25, -0.2) is 8.42 Å². The number of benzene rings is 1. The Kier molecular flexibility index (Phi) is 7.40. The molecule has 0 unspecified atom stereocenters. The molecule has 1 aromatic rings. The second-order valence-corrected chi connectivity index (χ2v) is 11.8. The van der Waals surface area contributed by atoms with Crippen LogP contribution in [0.25, 0.3) is 0 Å². The van der Waals surface area contributed by atoms with Crippen molar-refractivity contribution < 1.29 is 13.2 Å². The van der Waals surface area contributed by atoms with Gasteiger partial charge >= 0.3 is 0 Å². The minimum absolute atomic E-state index is 0.0243. The van der Waals surface area contributed by atoms with Gasteiger partial charge in [-0.3, -0.25) is 9.69 Å². The van der Waals surface area contributed by atoms with Gasteiger partial charge in [0.1, 0.15) is 4.90 Å². The van der Waals surface area contributed by atoms with Crippen LogP contribution in [0.2, 0.25) is 10.0 Å². The van der Waals surface area contributed by atoms with E-state index in [1.807, 2.05) is 4.90 Å². The van der Waals surface area contributed by atoms with E-state index in [1.54, 1.807) is 6.07 Å². The van der Waals surface area contributed by atoms with Crippen LogP contribution < -0.4 is 0 Å². The lowest BCUT2D eigenvalue weighted by molar-refractivity contribution is -0.136. The molecule has 2 aliphatic rings. The number of carbonyl (C=O) groups excluding carboxylic acids is 1. The SMILES string of the molecule is CC(C)(C)N1CCCN(C(=O)C2CCN(S(=O)(=O)c3cc(Cl)ccc3Cl)CC2)CC1. The van der Waals surface area contributed by atoms with Gasteiger partial charge in [0.2, 0.25) is 15.9 Å². The molecule has 2 aliphatic heterocycles. The van der Waals surface area contributed by atoms with Gasteiger partial charge in [0, 0.05) is 55.7 Å². The highest BCUT2D eigenvalue weighted by Crippen LogP contribution is 2.31. The van der Waals surface area contributed by atoms with Crippen LogP contribution in [0.5, 0.6) is 0 Å². The number of nitrogens with zero attached hydrogens (tertiary/aromatic N) is 3. The van der Waals surface area contributed by atoms with Crippen molar-refractivity contribution in [1.29, 1.82) is 0 Å². The molecule has 1 aromatic carbocycles. The lowest BCUT2D eigenvalue weighted by Crippen LogP contribution is -2.46. The first-order valence-corrected chi connectivity index (χ1v) is 12.7. The highest BCUT2D eigenvalue weighted by Gasteiger charge is 2.35. The molecule has 9 heteroatoms. The van der Waals surface area contributed by atoms with Gasteiger partial charge in [0.25, 0.3) is 0 Å². The van der Waals surface area contributed by atoms with Crippen molar-refractivity contribution in [2.24, 2.45) is 5.92 Å². The summed E-state index contributed by atoms with van der Waals surface area (Å²) in [4.78, 5) is 17.5. The second-order valence-electron chi connectivity index (χ2n) is 9.09. The monoisotopic (exact) mass is 475 g/mol. The molecule has 0 radical (unpaired) electrons. The van der Waals surface area contributed by atoms with Gasteiger partial charge in [-0.1, -0.05) is 23.2 Å². The van der Waals surface area contributed by atoms with Crippen LogP contribution in [0.3, 0.4) is 0 Å². The summed E-state index contributed by atoms with van der Waals surface area (Å²) in [6, 6.07) is 4.44. The number of hydrogen-bond donors (Lipinski definition) is 0. The highest BCUT2D eigenvalue weighted by molar-refractivity contribution is 7.89. The zero-order chi connectivity index (χ0) is 22.1. The third-order valence-corrected chi connectivity index (χ3v) is 8.69. The van der Waals surface area contributed by atoms with Gasteiger partial charge < -0.3 is 4.90 Å². The fourth-order valence-corrected chi connectivity index (χ4v) is 6.43. The summed E-state index contributed by atoms with van der Waals surface area (Å²) in [6.45, 7) is 10.6. The van der Waals surface area contributed by atoms with Crippen molar-refractivity contribution >= 4 is 39.1 Å². The lowest BCUT2D eigenvalue weighted by atomic mass is 9.96. The average Bonchev–Trinajstić information content (AvgIpc) is 2.95. The third-order valence-electron chi connectivity index (χ3n) is 6.07. The van der Waals surface area contributed by atoms with Crippen molar-refractivity contribution in [3.8, 4) is 0 Å². The van der Waals surface area contributed by atoms with Crippen LogP contribution in [0.4, 0.5) is 0 Å². The first-order chi connectivity index (χ1) is 14.0. The van der Waals surface area contributed by atoms with Crippen LogP contribution in [-0.2, 0) is 14.8 Å². The Morgan fingerprint density at radius 2 is 1.67 bits per heavy atom. The fraction of sp³-hybridized carbons (Fsp3) is 0.667. The van der Waals surface area contributed by atoms with E-state index in [0.29, 0.717) is 31.0 Å². The van der Waals surface area contributed by atoms with E-state index in [1.165, 1.54) is 16.4 Å². The van der Waals surface area contributed by atoms with Gasteiger partial charge in [-0.2, -0.15) is 4.31 Å². The number of halogens is 2. The Morgan fingerprint density at radius 3 is 2.30 bits per heavy atom. The minimum Gasteiger partial charge on any atom is -0.341 e. The predicted molar refractivity (Wildman–Crippen MR) is 120 cm³/mol. The molecule has 30 heavy (non-hydrogen) atoms. The summed E-state index contributed by atoms with van der Waals surface area (Å²) in [5, 5.41) is 0.485. The Hall–Kier alpha value is -0.860. The molecular weight excluding hydrogens is 445 g/mol. The van der Waals surface area contributed by atoms with Gasteiger partial charge in [0.15, 0.2) is 0 Å². The quantitative estimate of drug-likeness (QED) is 0.667. The molecule has 0 spiro atoms. The number of sulfonamides is 1. The van der Waals surface area contributed by atoms with Crippen molar-refractivity contribution in [2.75, 3.05) is 39.3 Å². The molecule has 0 N–H and O–H groups in total. The average molecular weight is 476 g/mol. The third kappa shape index (κ3) is 5.30. The van der Waals surface area contributed by atoms with Crippen LogP contribution in [0.15, 0.2) is 23.1 Å². The summed E-state index contributed by atoms with van der Waals surface area (Å²) < 4.78 is 27.4. The maximum Gasteiger partial charge on any atom is 0.244 e. The molecule has 0 saturated carbocycles. The van der Waals surface area contributed by atoms with Crippen LogP contribution >= 0.6 is 23.2 Å². The first kappa shape index (κ1) is 23.8. The molecule has 0 aliphatic carbocycles. The number of rotatable bonds is 3. The molecule has 3 rings (SSSR count). The predicted octanol–water partition coefficient (Wildman–Crippen LogP) is 3.73. The number of carbonyl (C=O) groups is 1. The van der Waals surface area contributed by atoms with Gasteiger partial charge in [0.05, 0.1) is 5.02 Å². The standard InChI is InChI=1S/C21H31Cl2N3O3S/c1-21(2,3)25-10-4-9-24(13-14-25)20(27)16-7-11-26(12-8-16)30(28,29)19-15-17(22)5-6-18(19)23/h5-6,15-16H,4,7-14H2,1-3H3. The molecule has 0 aromatic heterocycles. The zero-order valence-corrected chi connectivity index (χ0v) is 20.2. The summed E-state index contributed by atoms with van der Waals surface area (Å²) >= 11 is 12.1. The van der Waals surface area contributed by atoms with Crippen LogP contribution in [0, 0.1) is 5.92 Å². The van der Waals surface area contributed by atoms with E-state index in [4.69, 9.17) is 23.2 Å². The van der Waals surface area contributed by atoms with E-state index in [2.05, 4.69) is 25.7 Å². The van der Waals surface area contributed by atoms with E-state index >= 15 is 0 Å². The van der Waals surface area contributed by atoms with E-state index < -0.39 is 10.0 Å². The molecule has 6 nitrogen and oxygen atoms in total. The molecule has 2 fully saturated rings. The van der Waals surface area contributed by atoms with Crippen molar-refractivity contribution in [1.82, 2.24) is 14.1 Å². The maximum absolute atomic E-state index is 13.1. The minimum atomic E-state index is -3.73. The first-order valence-electron chi connectivity index (χ1n) is 10.5. The Balaban J connectivity index is 1.61. The Bertz CT molecular complexity index is 878. The van der Waals surface area contributed by atoms with Crippen molar-refractivity contribution in [3.05, 3.63) is 28.2 Å². The van der Waals surface area contributed by atoms with Crippen molar-refractivity contribution in [2.45, 2.75) is 50.5 Å². The summed E-state index contributed by atoms with van der Waals surface area (Å²) in [7, 11) is -3.73. The smallest absolute Gasteiger partial charge is 0.244 e. The molecule has 0 atom stereocenters. The molecule has 168 valence electrons. The number of hydrogen-bond acceptors (Lipinski definition) is 4. The number of amides is 1. The summed E-state index contributed by atoms with van der Waals surface area (Å²) in [5.74, 6) is 0.0241. The normalized spacial score (nSPS) is 20.9. The molecule has 0 bridgehead atoms. The van der Waals surface area contributed by atoms with Gasteiger partial charge in [-0.05, 0) is 58.2 Å². The molecular formula is C21H31Cl2N3O3S. The summed E-state index contributed by atoms with van der Waals surface area (Å²) in [5.41, 5.74) is 0.0976. The van der Waals surface area contributed by atoms with Crippen LogP contribution in [-0.4, -0.2) is 73.2 Å². The van der Waals surface area contributed by atoms with E-state index in [0.717, 1.165) is 32.6 Å². The Labute approximate surface area is 190 Å². The van der Waals surface area contributed by atoms with E-state index in [9.17, 15) is 13.2 Å². The largest absolute Gasteiger partial charge is 0.341 e. The van der Waals surface area contributed by atoms with Gasteiger partial charge in [-0.15, -0.1) is 0 Å².